The Bertz CT molecular complexity index is 939. The Kier molecular flexibility index (Phi) is 6.47. The van der Waals surface area contributed by atoms with Crippen molar-refractivity contribution < 1.29 is 9.53 Å². The van der Waals surface area contributed by atoms with Crippen LogP contribution in [0.1, 0.15) is 21.5 Å². The van der Waals surface area contributed by atoms with Crippen molar-refractivity contribution in [2.75, 3.05) is 0 Å². The number of rotatable bonds is 6. The summed E-state index contributed by atoms with van der Waals surface area (Å²) in [6.45, 7) is 0.423. The Morgan fingerprint density at radius 3 is 2.41 bits per heavy atom. The van der Waals surface area contributed by atoms with Crippen molar-refractivity contribution >= 4 is 35.3 Å². The van der Waals surface area contributed by atoms with Gasteiger partial charge in [-0.05, 0) is 59.7 Å². The Balaban J connectivity index is 1.53. The first-order valence-electron chi connectivity index (χ1n) is 8.16. The molecule has 0 heterocycles. The van der Waals surface area contributed by atoms with Crippen molar-refractivity contribution in [2.24, 2.45) is 5.10 Å². The van der Waals surface area contributed by atoms with Crippen molar-refractivity contribution in [1.82, 2.24) is 5.43 Å². The number of hydrazone groups is 1. The molecule has 0 radical (unpaired) electrons. The van der Waals surface area contributed by atoms with Gasteiger partial charge in [-0.3, -0.25) is 4.79 Å². The summed E-state index contributed by atoms with van der Waals surface area (Å²) in [5.74, 6) is 0.362. The topological polar surface area (TPSA) is 50.7 Å². The highest BCUT2D eigenvalue weighted by molar-refractivity contribution is 6.31. The minimum Gasteiger partial charge on any atom is -0.489 e. The molecule has 3 aromatic rings. The van der Waals surface area contributed by atoms with Gasteiger partial charge in [-0.25, -0.2) is 5.43 Å². The molecule has 0 aliphatic heterocycles. The van der Waals surface area contributed by atoms with E-state index in [9.17, 15) is 4.79 Å². The molecule has 0 saturated heterocycles. The maximum Gasteiger partial charge on any atom is 0.271 e. The van der Waals surface area contributed by atoms with E-state index in [4.69, 9.17) is 27.9 Å². The number of amides is 1. The van der Waals surface area contributed by atoms with Gasteiger partial charge in [0.05, 0.1) is 6.21 Å². The van der Waals surface area contributed by atoms with Crippen LogP contribution in [0.3, 0.4) is 0 Å². The molecule has 3 aromatic carbocycles. The molecule has 3 rings (SSSR count). The van der Waals surface area contributed by atoms with Crippen molar-refractivity contribution in [3.63, 3.8) is 0 Å². The van der Waals surface area contributed by atoms with Gasteiger partial charge in [-0.2, -0.15) is 5.10 Å². The first kappa shape index (κ1) is 19.0. The number of nitrogens with one attached hydrogen (secondary N) is 1. The van der Waals surface area contributed by atoms with Crippen molar-refractivity contribution in [1.29, 1.82) is 0 Å². The van der Waals surface area contributed by atoms with E-state index in [0.717, 1.165) is 11.1 Å². The number of hydrogen-bond acceptors (Lipinski definition) is 3. The van der Waals surface area contributed by atoms with E-state index < -0.39 is 0 Å². The molecule has 0 aliphatic carbocycles. The van der Waals surface area contributed by atoms with Crippen LogP contribution in [0.5, 0.6) is 5.75 Å². The van der Waals surface area contributed by atoms with E-state index in [2.05, 4.69) is 10.5 Å². The van der Waals surface area contributed by atoms with Gasteiger partial charge in [0.2, 0.25) is 0 Å². The maximum absolute atomic E-state index is 12.1. The van der Waals surface area contributed by atoms with E-state index in [1.54, 1.807) is 36.4 Å². The molecular formula is C21H16Cl2N2O2. The van der Waals surface area contributed by atoms with Crippen LogP contribution in [0.2, 0.25) is 10.0 Å². The SMILES string of the molecule is O=C(N/N=C\c1cccc(Cl)c1)c1ccc(OCc2ccc(Cl)cc2)cc1. The lowest BCUT2D eigenvalue weighted by Gasteiger charge is -2.07. The summed E-state index contributed by atoms with van der Waals surface area (Å²) in [7, 11) is 0. The zero-order valence-corrected chi connectivity index (χ0v) is 15.7. The summed E-state index contributed by atoms with van der Waals surface area (Å²) >= 11 is 11.8. The summed E-state index contributed by atoms with van der Waals surface area (Å²) < 4.78 is 5.70. The van der Waals surface area contributed by atoms with E-state index in [-0.39, 0.29) is 5.91 Å². The monoisotopic (exact) mass is 398 g/mol. The molecule has 0 saturated carbocycles. The van der Waals surface area contributed by atoms with Crippen LogP contribution >= 0.6 is 23.2 Å². The van der Waals surface area contributed by atoms with Gasteiger partial charge in [0.15, 0.2) is 0 Å². The standard InChI is InChI=1S/C21H16Cl2N2O2/c22-18-8-4-15(5-9-18)14-27-20-10-6-17(7-11-20)21(26)25-24-13-16-2-1-3-19(23)12-16/h1-13H,14H2,(H,25,26)/b24-13-. The van der Waals surface area contributed by atoms with Gasteiger partial charge >= 0.3 is 0 Å². The average molecular weight is 399 g/mol. The Labute approximate surface area is 167 Å². The average Bonchev–Trinajstić information content (AvgIpc) is 2.68. The second kappa shape index (κ2) is 9.21. The van der Waals surface area contributed by atoms with Crippen LogP contribution in [-0.2, 0) is 6.61 Å². The van der Waals surface area contributed by atoms with Crippen molar-refractivity contribution in [2.45, 2.75) is 6.61 Å². The molecule has 0 atom stereocenters. The van der Waals surface area contributed by atoms with Gasteiger partial charge in [-0.1, -0.05) is 47.5 Å². The van der Waals surface area contributed by atoms with Crippen molar-refractivity contribution in [3.05, 3.63) is 99.5 Å². The molecule has 0 unspecified atom stereocenters. The number of benzene rings is 3. The highest BCUT2D eigenvalue weighted by Crippen LogP contribution is 2.16. The summed E-state index contributed by atoms with van der Waals surface area (Å²) in [6.07, 6.45) is 1.54. The van der Waals surface area contributed by atoms with Crippen LogP contribution in [0.15, 0.2) is 77.9 Å². The molecule has 0 aromatic heterocycles. The van der Waals surface area contributed by atoms with Crippen molar-refractivity contribution in [3.8, 4) is 5.75 Å². The second-order valence-electron chi connectivity index (χ2n) is 5.69. The lowest BCUT2D eigenvalue weighted by atomic mass is 10.2. The first-order valence-corrected chi connectivity index (χ1v) is 8.92. The molecule has 0 spiro atoms. The molecule has 1 amide bonds. The van der Waals surface area contributed by atoms with Crippen LogP contribution in [0, 0.1) is 0 Å². The van der Waals surface area contributed by atoms with Crippen LogP contribution in [0.25, 0.3) is 0 Å². The minimum absolute atomic E-state index is 0.308. The first-order chi connectivity index (χ1) is 13.1. The quantitative estimate of drug-likeness (QED) is 0.450. The molecule has 136 valence electrons. The fourth-order valence-electron chi connectivity index (χ4n) is 2.27. The van der Waals surface area contributed by atoms with Gasteiger partial charge in [0.25, 0.3) is 5.91 Å². The lowest BCUT2D eigenvalue weighted by molar-refractivity contribution is 0.0955. The number of ether oxygens (including phenoxy) is 1. The normalized spacial score (nSPS) is 10.7. The van der Waals surface area contributed by atoms with Gasteiger partial charge in [0, 0.05) is 15.6 Å². The molecule has 4 nitrogen and oxygen atoms in total. The largest absolute Gasteiger partial charge is 0.489 e. The molecule has 6 heteroatoms. The summed E-state index contributed by atoms with van der Waals surface area (Å²) in [6, 6.07) is 21.5. The van der Waals surface area contributed by atoms with Crippen LogP contribution in [-0.4, -0.2) is 12.1 Å². The third-order valence-corrected chi connectivity index (χ3v) is 4.15. The zero-order valence-electron chi connectivity index (χ0n) is 14.2. The highest BCUT2D eigenvalue weighted by Gasteiger charge is 2.04. The molecule has 0 aliphatic rings. The Morgan fingerprint density at radius 2 is 1.70 bits per heavy atom. The summed E-state index contributed by atoms with van der Waals surface area (Å²) in [4.78, 5) is 12.1. The number of carbonyl (C=O) groups excluding carboxylic acids is 1. The Morgan fingerprint density at radius 1 is 0.963 bits per heavy atom. The maximum atomic E-state index is 12.1. The van der Waals surface area contributed by atoms with E-state index in [1.807, 2.05) is 36.4 Å². The minimum atomic E-state index is -0.308. The molecule has 0 fully saturated rings. The Hall–Kier alpha value is -2.82. The van der Waals surface area contributed by atoms with E-state index in [1.165, 1.54) is 6.21 Å². The number of halogens is 2. The number of hydrogen-bond donors (Lipinski definition) is 1. The molecule has 0 bridgehead atoms. The molecule has 1 N–H and O–H groups in total. The molecular weight excluding hydrogens is 383 g/mol. The third-order valence-electron chi connectivity index (χ3n) is 3.66. The summed E-state index contributed by atoms with van der Waals surface area (Å²) in [5.41, 5.74) is 4.78. The van der Waals surface area contributed by atoms with E-state index in [0.29, 0.717) is 28.0 Å². The highest BCUT2D eigenvalue weighted by atomic mass is 35.5. The fraction of sp³-hybridized carbons (Fsp3) is 0.0476. The summed E-state index contributed by atoms with van der Waals surface area (Å²) in [5, 5.41) is 5.24. The predicted octanol–water partition coefficient (Wildman–Crippen LogP) is 5.34. The molecule has 27 heavy (non-hydrogen) atoms. The number of carbonyl (C=O) groups is 1. The van der Waals surface area contributed by atoms with Crippen LogP contribution in [0.4, 0.5) is 0 Å². The van der Waals surface area contributed by atoms with Gasteiger partial charge in [0.1, 0.15) is 12.4 Å². The lowest BCUT2D eigenvalue weighted by Crippen LogP contribution is -2.17. The van der Waals surface area contributed by atoms with Crippen LogP contribution < -0.4 is 10.2 Å². The number of nitrogens with zero attached hydrogens (tertiary/aromatic N) is 1. The second-order valence-corrected chi connectivity index (χ2v) is 6.57. The third kappa shape index (κ3) is 5.84. The fourth-order valence-corrected chi connectivity index (χ4v) is 2.59. The zero-order chi connectivity index (χ0) is 19.1. The van der Waals surface area contributed by atoms with Gasteiger partial charge < -0.3 is 4.74 Å². The van der Waals surface area contributed by atoms with Gasteiger partial charge in [-0.15, -0.1) is 0 Å². The smallest absolute Gasteiger partial charge is 0.271 e. The predicted molar refractivity (Wildman–Crippen MR) is 109 cm³/mol. The van der Waals surface area contributed by atoms with E-state index >= 15 is 0 Å².